The first-order valence-electron chi connectivity index (χ1n) is 7.35. The van der Waals surface area contributed by atoms with Crippen molar-refractivity contribution in [2.24, 2.45) is 0 Å². The summed E-state index contributed by atoms with van der Waals surface area (Å²) in [6.45, 7) is 6.52. The lowest BCUT2D eigenvalue weighted by Gasteiger charge is -2.14. The van der Waals surface area contributed by atoms with Crippen LogP contribution in [0.25, 0.3) is 0 Å². The number of benzene rings is 2. The van der Waals surface area contributed by atoms with Gasteiger partial charge in [-0.05, 0) is 55.2 Å². The summed E-state index contributed by atoms with van der Waals surface area (Å²) in [7, 11) is 1.97. The van der Waals surface area contributed by atoms with Gasteiger partial charge in [-0.25, -0.2) is 0 Å². The van der Waals surface area contributed by atoms with Gasteiger partial charge in [-0.15, -0.1) is 0 Å². The van der Waals surface area contributed by atoms with Crippen LogP contribution in [0.5, 0.6) is 0 Å². The Balaban J connectivity index is 2.30. The van der Waals surface area contributed by atoms with Crippen molar-refractivity contribution in [2.75, 3.05) is 17.7 Å². The third-order valence-electron chi connectivity index (χ3n) is 3.68. The second-order valence-electron chi connectivity index (χ2n) is 5.11. The molecule has 0 saturated carbocycles. The minimum atomic E-state index is 1.03. The maximum Gasteiger partial charge on any atom is 0.0416 e. The predicted molar refractivity (Wildman–Crippen MR) is 89.2 cm³/mol. The lowest BCUT2D eigenvalue weighted by Crippen LogP contribution is -1.99. The number of nitrogens with one attached hydrogen (secondary N) is 2. The summed E-state index contributed by atoms with van der Waals surface area (Å²) in [6.07, 6.45) is 2.07. The van der Waals surface area contributed by atoms with Crippen LogP contribution in [0.1, 0.15) is 30.5 Å². The van der Waals surface area contributed by atoms with E-state index in [-0.39, 0.29) is 0 Å². The second kappa shape index (κ2) is 6.47. The molecule has 0 aliphatic carbocycles. The molecule has 0 unspecified atom stereocenters. The topological polar surface area (TPSA) is 24.1 Å². The molecule has 2 nitrogen and oxygen atoms in total. The van der Waals surface area contributed by atoms with Gasteiger partial charge < -0.3 is 10.6 Å². The Hall–Kier alpha value is -1.96. The van der Waals surface area contributed by atoms with Crippen molar-refractivity contribution in [2.45, 2.75) is 33.6 Å². The molecule has 2 rings (SSSR count). The lowest BCUT2D eigenvalue weighted by molar-refractivity contribution is 1.13. The van der Waals surface area contributed by atoms with Gasteiger partial charge >= 0.3 is 0 Å². The van der Waals surface area contributed by atoms with E-state index in [0.717, 1.165) is 18.5 Å². The molecule has 0 aliphatic rings. The first-order chi connectivity index (χ1) is 9.67. The van der Waals surface area contributed by atoms with Crippen LogP contribution in [-0.2, 0) is 12.8 Å². The lowest BCUT2D eigenvalue weighted by atomic mass is 10.1. The van der Waals surface area contributed by atoms with Crippen LogP contribution >= 0.6 is 0 Å². The molecule has 0 aliphatic heterocycles. The minimum Gasteiger partial charge on any atom is -0.388 e. The van der Waals surface area contributed by atoms with Crippen molar-refractivity contribution in [1.29, 1.82) is 0 Å². The predicted octanol–water partition coefficient (Wildman–Crippen LogP) is 4.91. The third kappa shape index (κ3) is 3.13. The Morgan fingerprint density at radius 1 is 0.850 bits per heavy atom. The summed E-state index contributed by atoms with van der Waals surface area (Å²) < 4.78 is 0. The van der Waals surface area contributed by atoms with Crippen LogP contribution in [0, 0.1) is 6.92 Å². The molecule has 0 spiro atoms. The van der Waals surface area contributed by atoms with E-state index in [1.807, 2.05) is 7.05 Å². The summed E-state index contributed by atoms with van der Waals surface area (Å²) in [6, 6.07) is 13.1. The maximum absolute atomic E-state index is 3.55. The first-order valence-corrected chi connectivity index (χ1v) is 7.35. The smallest absolute Gasteiger partial charge is 0.0416 e. The molecule has 0 aromatic heterocycles. The Morgan fingerprint density at radius 2 is 1.50 bits per heavy atom. The number of anilines is 3. The standard InChI is InChI=1S/C18H24N2/c1-5-14-11-13(3)7-9-18(14)20-16-8-10-17(19-4)15(6-2)12-16/h7-12,19-20H,5-6H2,1-4H3. The van der Waals surface area contributed by atoms with Crippen LogP contribution in [-0.4, -0.2) is 7.05 Å². The molecule has 0 bridgehead atoms. The highest BCUT2D eigenvalue weighted by atomic mass is 14.9. The van der Waals surface area contributed by atoms with Crippen LogP contribution < -0.4 is 10.6 Å². The third-order valence-corrected chi connectivity index (χ3v) is 3.68. The molecular formula is C18H24N2. The van der Waals surface area contributed by atoms with E-state index in [1.54, 1.807) is 0 Å². The number of hydrogen-bond acceptors (Lipinski definition) is 2. The maximum atomic E-state index is 3.55. The molecule has 2 heteroatoms. The van der Waals surface area contributed by atoms with E-state index in [0.29, 0.717) is 0 Å². The van der Waals surface area contributed by atoms with Crippen molar-refractivity contribution >= 4 is 17.1 Å². The van der Waals surface area contributed by atoms with E-state index in [4.69, 9.17) is 0 Å². The van der Waals surface area contributed by atoms with Crippen molar-refractivity contribution in [3.8, 4) is 0 Å². The van der Waals surface area contributed by atoms with E-state index in [9.17, 15) is 0 Å². The molecule has 0 amide bonds. The van der Waals surface area contributed by atoms with Gasteiger partial charge in [-0.1, -0.05) is 31.5 Å². The fourth-order valence-corrected chi connectivity index (χ4v) is 2.50. The molecule has 2 aromatic rings. The van der Waals surface area contributed by atoms with Gasteiger partial charge in [0.2, 0.25) is 0 Å². The average Bonchev–Trinajstić information content (AvgIpc) is 2.48. The minimum absolute atomic E-state index is 1.03. The summed E-state index contributed by atoms with van der Waals surface area (Å²) in [5, 5.41) is 6.79. The van der Waals surface area contributed by atoms with Crippen molar-refractivity contribution in [1.82, 2.24) is 0 Å². The Kier molecular flexibility index (Phi) is 4.67. The van der Waals surface area contributed by atoms with Crippen LogP contribution in [0.2, 0.25) is 0 Å². The zero-order chi connectivity index (χ0) is 14.5. The zero-order valence-corrected chi connectivity index (χ0v) is 12.9. The highest BCUT2D eigenvalue weighted by molar-refractivity contribution is 5.67. The van der Waals surface area contributed by atoms with E-state index >= 15 is 0 Å². The highest BCUT2D eigenvalue weighted by Crippen LogP contribution is 2.26. The van der Waals surface area contributed by atoms with E-state index in [2.05, 4.69) is 67.8 Å². The Morgan fingerprint density at radius 3 is 2.15 bits per heavy atom. The van der Waals surface area contributed by atoms with Gasteiger partial charge in [0.25, 0.3) is 0 Å². The van der Waals surface area contributed by atoms with Crippen LogP contribution in [0.4, 0.5) is 17.1 Å². The fourth-order valence-electron chi connectivity index (χ4n) is 2.50. The molecule has 0 fully saturated rings. The molecule has 0 heterocycles. The normalized spacial score (nSPS) is 10.4. The molecule has 0 atom stereocenters. The monoisotopic (exact) mass is 268 g/mol. The number of rotatable bonds is 5. The van der Waals surface area contributed by atoms with Crippen LogP contribution in [0.3, 0.4) is 0 Å². The number of aryl methyl sites for hydroxylation is 3. The zero-order valence-electron chi connectivity index (χ0n) is 12.9. The first kappa shape index (κ1) is 14.4. The Labute approximate surface area is 122 Å². The van der Waals surface area contributed by atoms with Crippen molar-refractivity contribution in [3.05, 3.63) is 53.1 Å². The summed E-state index contributed by atoms with van der Waals surface area (Å²) >= 11 is 0. The van der Waals surface area contributed by atoms with Crippen molar-refractivity contribution < 1.29 is 0 Å². The Bertz CT molecular complexity index is 588. The van der Waals surface area contributed by atoms with Gasteiger partial charge in [-0.3, -0.25) is 0 Å². The van der Waals surface area contributed by atoms with E-state index in [1.165, 1.54) is 28.1 Å². The second-order valence-corrected chi connectivity index (χ2v) is 5.11. The molecule has 2 aromatic carbocycles. The summed E-state index contributed by atoms with van der Waals surface area (Å²) in [5.74, 6) is 0. The molecule has 0 radical (unpaired) electrons. The van der Waals surface area contributed by atoms with Gasteiger partial charge in [0.1, 0.15) is 0 Å². The van der Waals surface area contributed by atoms with Gasteiger partial charge in [0, 0.05) is 24.1 Å². The van der Waals surface area contributed by atoms with E-state index < -0.39 is 0 Å². The number of hydrogen-bond donors (Lipinski definition) is 2. The molecule has 106 valence electrons. The molecule has 0 saturated heterocycles. The SMILES string of the molecule is CCc1cc(Nc2ccc(C)cc2CC)ccc1NC. The highest BCUT2D eigenvalue weighted by Gasteiger charge is 2.04. The van der Waals surface area contributed by atoms with Crippen LogP contribution in [0.15, 0.2) is 36.4 Å². The van der Waals surface area contributed by atoms with Gasteiger partial charge in [0.05, 0.1) is 0 Å². The molecule has 20 heavy (non-hydrogen) atoms. The fraction of sp³-hybridized carbons (Fsp3) is 0.333. The van der Waals surface area contributed by atoms with Gasteiger partial charge in [0.15, 0.2) is 0 Å². The average molecular weight is 268 g/mol. The summed E-state index contributed by atoms with van der Waals surface area (Å²) in [4.78, 5) is 0. The molecular weight excluding hydrogens is 244 g/mol. The quantitative estimate of drug-likeness (QED) is 0.805. The van der Waals surface area contributed by atoms with Gasteiger partial charge in [-0.2, -0.15) is 0 Å². The summed E-state index contributed by atoms with van der Waals surface area (Å²) in [5.41, 5.74) is 7.57. The molecule has 2 N–H and O–H groups in total. The van der Waals surface area contributed by atoms with Crippen molar-refractivity contribution in [3.63, 3.8) is 0 Å². The largest absolute Gasteiger partial charge is 0.388 e.